The van der Waals surface area contributed by atoms with E-state index in [1.165, 1.54) is 24.0 Å². The molecule has 0 heterocycles. The Kier molecular flexibility index (Phi) is 5.67. The molecular weight excluding hydrogens is 222 g/mol. The molecule has 0 amide bonds. The van der Waals surface area contributed by atoms with Gasteiger partial charge in [-0.1, -0.05) is 52.7 Å². The largest absolute Gasteiger partial charge is 0.398 e. The van der Waals surface area contributed by atoms with Gasteiger partial charge in [-0.25, -0.2) is 0 Å². The summed E-state index contributed by atoms with van der Waals surface area (Å²) in [7, 11) is 0. The van der Waals surface area contributed by atoms with Gasteiger partial charge in [0.25, 0.3) is 0 Å². The predicted molar refractivity (Wildman–Crippen MR) is 78.8 cm³/mol. The van der Waals surface area contributed by atoms with Crippen LogP contribution in [0.1, 0.15) is 75.5 Å². The number of aliphatic hydroxyl groups is 1. The summed E-state index contributed by atoms with van der Waals surface area (Å²) >= 11 is 0. The van der Waals surface area contributed by atoms with Gasteiger partial charge in [-0.05, 0) is 34.9 Å². The average molecular weight is 249 g/mol. The third kappa shape index (κ3) is 3.49. The van der Waals surface area contributed by atoms with Crippen molar-refractivity contribution in [2.45, 2.75) is 65.4 Å². The highest BCUT2D eigenvalue weighted by Gasteiger charge is 2.15. The lowest BCUT2D eigenvalue weighted by Gasteiger charge is -2.20. The molecule has 1 unspecified atom stereocenters. The number of rotatable bonds is 6. The lowest BCUT2D eigenvalue weighted by Crippen LogP contribution is -2.06. The van der Waals surface area contributed by atoms with Crippen LogP contribution in [0.4, 0.5) is 5.69 Å². The minimum absolute atomic E-state index is 0.0908. The summed E-state index contributed by atoms with van der Waals surface area (Å²) in [4.78, 5) is 0. The normalized spacial score (nSPS) is 13.0. The maximum atomic E-state index is 9.38. The predicted octanol–water partition coefficient (Wildman–Crippen LogP) is 4.18. The first-order valence-corrected chi connectivity index (χ1v) is 7.04. The second kappa shape index (κ2) is 6.79. The summed E-state index contributed by atoms with van der Waals surface area (Å²) in [6.07, 6.45) is 3.59. The Hall–Kier alpha value is -1.02. The highest BCUT2D eigenvalue weighted by molar-refractivity contribution is 5.58. The minimum atomic E-state index is 0.0908. The first-order chi connectivity index (χ1) is 8.51. The van der Waals surface area contributed by atoms with Crippen LogP contribution in [0.15, 0.2) is 12.1 Å². The zero-order valence-corrected chi connectivity index (χ0v) is 12.2. The van der Waals surface area contributed by atoms with Gasteiger partial charge >= 0.3 is 0 Å². The topological polar surface area (TPSA) is 46.2 Å². The Bertz CT molecular complexity index is 385. The number of benzene rings is 1. The summed E-state index contributed by atoms with van der Waals surface area (Å²) in [6.45, 7) is 8.82. The van der Waals surface area contributed by atoms with Crippen LogP contribution in [-0.4, -0.2) is 5.11 Å². The fourth-order valence-electron chi connectivity index (χ4n) is 2.41. The molecule has 1 atom stereocenters. The molecule has 3 N–H and O–H groups in total. The molecule has 0 aliphatic heterocycles. The summed E-state index contributed by atoms with van der Waals surface area (Å²) < 4.78 is 0. The lowest BCUT2D eigenvalue weighted by atomic mass is 9.88. The Labute approximate surface area is 111 Å². The third-order valence-electron chi connectivity index (χ3n) is 3.63. The number of unbranched alkanes of at least 4 members (excludes halogenated alkanes) is 1. The molecule has 1 rings (SSSR count). The van der Waals surface area contributed by atoms with Gasteiger partial charge in [0.05, 0.1) is 6.61 Å². The van der Waals surface area contributed by atoms with Crippen molar-refractivity contribution >= 4 is 5.69 Å². The first-order valence-electron chi connectivity index (χ1n) is 7.04. The van der Waals surface area contributed by atoms with E-state index in [0.29, 0.717) is 11.8 Å². The maximum Gasteiger partial charge on any atom is 0.0682 e. The van der Waals surface area contributed by atoms with Gasteiger partial charge in [0.2, 0.25) is 0 Å². The molecule has 0 fully saturated rings. The van der Waals surface area contributed by atoms with Gasteiger partial charge in [0.1, 0.15) is 0 Å². The highest BCUT2D eigenvalue weighted by atomic mass is 16.3. The number of aliphatic hydroxyl groups excluding tert-OH is 1. The standard InChI is InChI=1S/C16H27NO/c1-5-6-7-12(4)15-9-13(10-18)8-14(11(2)3)16(15)17/h8-9,11-12,18H,5-7,10,17H2,1-4H3. The van der Waals surface area contributed by atoms with E-state index in [1.54, 1.807) is 0 Å². The Balaban J connectivity index is 3.12. The Morgan fingerprint density at radius 3 is 2.28 bits per heavy atom. The van der Waals surface area contributed by atoms with Crippen molar-refractivity contribution in [2.75, 3.05) is 5.73 Å². The molecule has 1 aromatic carbocycles. The lowest BCUT2D eigenvalue weighted by molar-refractivity contribution is 0.281. The number of hydrogen-bond acceptors (Lipinski definition) is 2. The summed E-state index contributed by atoms with van der Waals surface area (Å²) in [5.74, 6) is 0.863. The molecule has 0 aliphatic rings. The third-order valence-corrected chi connectivity index (χ3v) is 3.63. The molecule has 0 spiro atoms. The Morgan fingerprint density at radius 1 is 1.17 bits per heavy atom. The highest BCUT2D eigenvalue weighted by Crippen LogP contribution is 2.33. The maximum absolute atomic E-state index is 9.38. The molecule has 2 heteroatoms. The molecule has 0 bridgehead atoms. The average Bonchev–Trinajstić information content (AvgIpc) is 2.35. The van der Waals surface area contributed by atoms with Crippen molar-refractivity contribution in [3.63, 3.8) is 0 Å². The fourth-order valence-corrected chi connectivity index (χ4v) is 2.41. The van der Waals surface area contributed by atoms with Crippen molar-refractivity contribution in [1.82, 2.24) is 0 Å². The van der Waals surface area contributed by atoms with Crippen LogP contribution >= 0.6 is 0 Å². The van der Waals surface area contributed by atoms with Crippen molar-refractivity contribution in [1.29, 1.82) is 0 Å². The van der Waals surface area contributed by atoms with E-state index < -0.39 is 0 Å². The summed E-state index contributed by atoms with van der Waals surface area (Å²) in [5, 5.41) is 9.38. The van der Waals surface area contributed by atoms with Crippen LogP contribution in [0.2, 0.25) is 0 Å². The van der Waals surface area contributed by atoms with Crippen molar-refractivity contribution in [3.8, 4) is 0 Å². The second-order valence-electron chi connectivity index (χ2n) is 5.54. The number of anilines is 1. The van der Waals surface area contributed by atoms with Gasteiger partial charge < -0.3 is 10.8 Å². The van der Waals surface area contributed by atoms with E-state index in [2.05, 4.69) is 33.8 Å². The molecule has 2 nitrogen and oxygen atoms in total. The van der Waals surface area contributed by atoms with Crippen molar-refractivity contribution in [2.24, 2.45) is 0 Å². The van der Waals surface area contributed by atoms with Gasteiger partial charge in [-0.2, -0.15) is 0 Å². The summed E-state index contributed by atoms with van der Waals surface area (Å²) in [5.41, 5.74) is 10.6. The smallest absolute Gasteiger partial charge is 0.0682 e. The first kappa shape index (κ1) is 15.0. The summed E-state index contributed by atoms with van der Waals surface area (Å²) in [6, 6.07) is 4.11. The molecular formula is C16H27NO. The molecule has 102 valence electrons. The monoisotopic (exact) mass is 249 g/mol. The fraction of sp³-hybridized carbons (Fsp3) is 0.625. The molecule has 0 radical (unpaired) electrons. The number of nitrogen functional groups attached to an aromatic ring is 1. The van der Waals surface area contributed by atoms with Gasteiger partial charge in [-0.15, -0.1) is 0 Å². The van der Waals surface area contributed by atoms with Gasteiger partial charge in [0.15, 0.2) is 0 Å². The van der Waals surface area contributed by atoms with Crippen LogP contribution in [0, 0.1) is 0 Å². The van der Waals surface area contributed by atoms with Gasteiger partial charge in [-0.3, -0.25) is 0 Å². The van der Waals surface area contributed by atoms with E-state index in [-0.39, 0.29) is 6.61 Å². The molecule has 18 heavy (non-hydrogen) atoms. The Morgan fingerprint density at radius 2 is 1.78 bits per heavy atom. The van der Waals surface area contributed by atoms with E-state index in [9.17, 15) is 5.11 Å². The minimum Gasteiger partial charge on any atom is -0.398 e. The van der Waals surface area contributed by atoms with Crippen LogP contribution in [0.3, 0.4) is 0 Å². The zero-order valence-electron chi connectivity index (χ0n) is 12.2. The van der Waals surface area contributed by atoms with E-state index >= 15 is 0 Å². The molecule has 0 aliphatic carbocycles. The van der Waals surface area contributed by atoms with Crippen LogP contribution in [-0.2, 0) is 6.61 Å². The SMILES string of the molecule is CCCCC(C)c1cc(CO)cc(C(C)C)c1N. The molecule has 0 aromatic heterocycles. The quantitative estimate of drug-likeness (QED) is 0.743. The zero-order chi connectivity index (χ0) is 13.7. The number of nitrogens with two attached hydrogens (primary N) is 1. The van der Waals surface area contributed by atoms with Gasteiger partial charge in [0, 0.05) is 5.69 Å². The molecule has 0 saturated heterocycles. The molecule has 0 saturated carbocycles. The van der Waals surface area contributed by atoms with E-state index in [4.69, 9.17) is 5.73 Å². The molecule has 1 aromatic rings. The number of hydrogen-bond donors (Lipinski definition) is 2. The van der Waals surface area contributed by atoms with Crippen LogP contribution < -0.4 is 5.73 Å². The van der Waals surface area contributed by atoms with Crippen LogP contribution in [0.25, 0.3) is 0 Å². The van der Waals surface area contributed by atoms with E-state index in [1.807, 2.05) is 6.07 Å². The second-order valence-corrected chi connectivity index (χ2v) is 5.54. The van der Waals surface area contributed by atoms with Crippen LogP contribution in [0.5, 0.6) is 0 Å². The van der Waals surface area contributed by atoms with E-state index in [0.717, 1.165) is 17.7 Å². The van der Waals surface area contributed by atoms with Crippen molar-refractivity contribution < 1.29 is 5.11 Å². The van der Waals surface area contributed by atoms with Crippen molar-refractivity contribution in [3.05, 3.63) is 28.8 Å².